The molecule has 164 valence electrons. The van der Waals surface area contributed by atoms with E-state index >= 15 is 0 Å². The Hall–Kier alpha value is -2.80. The molecule has 2 rings (SSSR count). The average Bonchev–Trinajstić information content (AvgIpc) is 2.68. The van der Waals surface area contributed by atoms with Gasteiger partial charge in [0, 0.05) is 23.3 Å². The molecule has 0 aliphatic carbocycles. The molecule has 0 atom stereocenters. The third kappa shape index (κ3) is 10.2. The number of carboxylic acids is 2. The molecule has 0 aliphatic rings. The van der Waals surface area contributed by atoms with Crippen molar-refractivity contribution in [2.45, 2.75) is 39.5 Å². The average molecular weight is 484 g/mol. The molecular weight excluding hydrogens is 458 g/mol. The van der Waals surface area contributed by atoms with Crippen molar-refractivity contribution in [3.05, 3.63) is 47.5 Å². The van der Waals surface area contributed by atoms with Gasteiger partial charge in [0.2, 0.25) is 0 Å². The van der Waals surface area contributed by atoms with E-state index in [0.717, 1.165) is 25.7 Å². The summed E-state index contributed by atoms with van der Waals surface area (Å²) in [5.74, 6) is -2.52. The quantitative estimate of drug-likeness (QED) is 0.385. The van der Waals surface area contributed by atoms with Crippen molar-refractivity contribution >= 4 is 11.9 Å². The minimum atomic E-state index is -1.40. The molecule has 8 nitrogen and oxygen atoms in total. The fourth-order valence-electron chi connectivity index (χ4n) is 2.22. The van der Waals surface area contributed by atoms with Gasteiger partial charge in [-0.15, -0.1) is 0 Å². The molecule has 0 aliphatic heterocycles. The monoisotopic (exact) mass is 482 g/mol. The van der Waals surface area contributed by atoms with Gasteiger partial charge in [-0.2, -0.15) is 0 Å². The van der Waals surface area contributed by atoms with Crippen LogP contribution in [0.1, 0.15) is 60.2 Å². The largest absolute Gasteiger partial charge is 2.00 e. The molecule has 0 bridgehead atoms. The van der Waals surface area contributed by atoms with Crippen LogP contribution in [-0.2, 0) is 19.5 Å². The molecule has 0 saturated carbocycles. The SMILES string of the molecule is CCCCOc1ccc(C(=O)[O-])c(O)c1.CCCCOc1ccc(C(=O)[O-])c(O)c1.[Zn+2]. The third-order valence-corrected chi connectivity index (χ3v) is 3.91. The molecule has 31 heavy (non-hydrogen) atoms. The van der Waals surface area contributed by atoms with Crippen molar-refractivity contribution in [1.82, 2.24) is 0 Å². The van der Waals surface area contributed by atoms with E-state index in [1.165, 1.54) is 36.4 Å². The summed E-state index contributed by atoms with van der Waals surface area (Å²) in [6.45, 7) is 5.20. The Balaban J connectivity index is 0.000000562. The Kier molecular flexibility index (Phi) is 13.7. The Morgan fingerprint density at radius 2 is 1.13 bits per heavy atom. The number of hydrogen-bond donors (Lipinski definition) is 2. The molecule has 0 saturated heterocycles. The number of carboxylic acid groups (broad SMARTS) is 2. The summed E-state index contributed by atoms with van der Waals surface area (Å²) in [5.41, 5.74) is -0.448. The number of phenols is 2. The first kappa shape index (κ1) is 28.2. The van der Waals surface area contributed by atoms with E-state index in [9.17, 15) is 30.0 Å². The zero-order valence-electron chi connectivity index (χ0n) is 17.8. The molecule has 0 unspecified atom stereocenters. The Morgan fingerprint density at radius 3 is 1.39 bits per heavy atom. The zero-order valence-corrected chi connectivity index (χ0v) is 20.7. The van der Waals surface area contributed by atoms with Gasteiger partial charge in [0.1, 0.15) is 23.0 Å². The second-order valence-corrected chi connectivity index (χ2v) is 6.34. The molecule has 2 aromatic carbocycles. The minimum Gasteiger partial charge on any atom is -0.545 e. The van der Waals surface area contributed by atoms with Crippen LogP contribution in [0.5, 0.6) is 23.0 Å². The van der Waals surface area contributed by atoms with Crippen molar-refractivity contribution in [1.29, 1.82) is 0 Å². The van der Waals surface area contributed by atoms with Crippen LogP contribution < -0.4 is 19.7 Å². The second-order valence-electron chi connectivity index (χ2n) is 6.34. The number of carbonyl (C=O) groups excluding carboxylic acids is 2. The van der Waals surface area contributed by atoms with Gasteiger partial charge in [0.05, 0.1) is 25.2 Å². The van der Waals surface area contributed by atoms with Crippen molar-refractivity contribution in [2.24, 2.45) is 0 Å². The van der Waals surface area contributed by atoms with Crippen LogP contribution in [0.4, 0.5) is 0 Å². The maximum atomic E-state index is 10.5. The summed E-state index contributed by atoms with van der Waals surface area (Å²) >= 11 is 0. The molecule has 2 N–H and O–H groups in total. The smallest absolute Gasteiger partial charge is 0.545 e. The van der Waals surface area contributed by atoms with Crippen LogP contribution in [0, 0.1) is 0 Å². The van der Waals surface area contributed by atoms with E-state index in [4.69, 9.17) is 9.47 Å². The molecule has 0 heterocycles. The van der Waals surface area contributed by atoms with Gasteiger partial charge in [-0.25, -0.2) is 0 Å². The van der Waals surface area contributed by atoms with Crippen LogP contribution >= 0.6 is 0 Å². The summed E-state index contributed by atoms with van der Waals surface area (Å²) in [5, 5.41) is 39.6. The number of aromatic carboxylic acids is 2. The Bertz CT molecular complexity index is 769. The van der Waals surface area contributed by atoms with E-state index in [1.807, 2.05) is 13.8 Å². The first-order valence-corrected chi connectivity index (χ1v) is 9.64. The van der Waals surface area contributed by atoms with Gasteiger partial charge in [-0.3, -0.25) is 0 Å². The Morgan fingerprint density at radius 1 is 0.774 bits per heavy atom. The summed E-state index contributed by atoms with van der Waals surface area (Å²) in [4.78, 5) is 21.0. The number of unbranched alkanes of at least 4 members (excludes halogenated alkanes) is 2. The molecule has 0 fully saturated rings. The van der Waals surface area contributed by atoms with Crippen molar-refractivity contribution in [3.63, 3.8) is 0 Å². The van der Waals surface area contributed by atoms with Crippen molar-refractivity contribution in [2.75, 3.05) is 13.2 Å². The summed E-state index contributed by atoms with van der Waals surface area (Å²) in [6, 6.07) is 8.10. The summed E-state index contributed by atoms with van der Waals surface area (Å²) in [6.07, 6.45) is 3.87. The molecule has 0 radical (unpaired) electrons. The Labute approximate surface area is 194 Å². The van der Waals surface area contributed by atoms with Gasteiger partial charge >= 0.3 is 19.5 Å². The topological polar surface area (TPSA) is 139 Å². The normalized spacial score (nSPS) is 9.61. The van der Waals surface area contributed by atoms with Gasteiger partial charge in [-0.05, 0) is 37.1 Å². The summed E-state index contributed by atoms with van der Waals surface area (Å²) < 4.78 is 10.6. The number of benzene rings is 2. The third-order valence-electron chi connectivity index (χ3n) is 3.91. The molecule has 0 amide bonds. The van der Waals surface area contributed by atoms with Crippen LogP contribution in [0.2, 0.25) is 0 Å². The predicted octanol–water partition coefficient (Wildman–Crippen LogP) is 1.87. The van der Waals surface area contributed by atoms with Gasteiger partial charge in [0.25, 0.3) is 0 Å². The molecule has 0 spiro atoms. The number of hydrogen-bond acceptors (Lipinski definition) is 8. The fourth-order valence-corrected chi connectivity index (χ4v) is 2.22. The predicted molar refractivity (Wildman–Crippen MR) is 106 cm³/mol. The fraction of sp³-hybridized carbons (Fsp3) is 0.364. The number of aromatic hydroxyl groups is 2. The van der Waals surface area contributed by atoms with E-state index in [2.05, 4.69) is 0 Å². The van der Waals surface area contributed by atoms with Crippen LogP contribution in [-0.4, -0.2) is 35.4 Å². The zero-order chi connectivity index (χ0) is 22.5. The van der Waals surface area contributed by atoms with Crippen molar-refractivity contribution < 1.29 is 59.0 Å². The van der Waals surface area contributed by atoms with Crippen LogP contribution in [0.15, 0.2) is 36.4 Å². The molecular formula is C22H26O8Zn. The van der Waals surface area contributed by atoms with Gasteiger partial charge in [-0.1, -0.05) is 26.7 Å². The molecule has 2 aromatic rings. The number of ether oxygens (including phenoxy) is 2. The van der Waals surface area contributed by atoms with Crippen LogP contribution in [0.3, 0.4) is 0 Å². The minimum absolute atomic E-state index is 0. The second kappa shape index (κ2) is 15.1. The first-order chi connectivity index (χ1) is 14.3. The maximum absolute atomic E-state index is 10.5. The van der Waals surface area contributed by atoms with Gasteiger partial charge < -0.3 is 39.5 Å². The first-order valence-electron chi connectivity index (χ1n) is 9.64. The van der Waals surface area contributed by atoms with Gasteiger partial charge in [0.15, 0.2) is 0 Å². The van der Waals surface area contributed by atoms with E-state index in [1.54, 1.807) is 0 Å². The van der Waals surface area contributed by atoms with Crippen LogP contribution in [0.25, 0.3) is 0 Å². The van der Waals surface area contributed by atoms with E-state index < -0.39 is 11.9 Å². The molecule has 9 heteroatoms. The number of carbonyl (C=O) groups is 2. The summed E-state index contributed by atoms with van der Waals surface area (Å²) in [7, 11) is 0. The van der Waals surface area contributed by atoms with E-state index in [-0.39, 0.29) is 42.1 Å². The van der Waals surface area contributed by atoms with E-state index in [0.29, 0.717) is 24.7 Å². The number of rotatable bonds is 10. The maximum Gasteiger partial charge on any atom is 2.00 e. The standard InChI is InChI=1S/2C11H14O4.Zn/c2*1-2-3-6-15-8-4-5-9(11(13)14)10(12)7-8;/h2*4-5,7,12H,2-3,6H2,1H3,(H,13,14);/q;;+2/p-2. The molecule has 0 aromatic heterocycles. The van der Waals surface area contributed by atoms with Crippen molar-refractivity contribution in [3.8, 4) is 23.0 Å².